The number of ether oxygens (including phenoxy) is 1. The summed E-state index contributed by atoms with van der Waals surface area (Å²) >= 11 is 0. The van der Waals surface area contributed by atoms with Crippen LogP contribution in [0.4, 0.5) is 0 Å². The van der Waals surface area contributed by atoms with Crippen LogP contribution in [0, 0.1) is 0 Å². The van der Waals surface area contributed by atoms with Crippen LogP contribution >= 0.6 is 0 Å². The van der Waals surface area contributed by atoms with Crippen molar-refractivity contribution in [2.75, 3.05) is 13.7 Å². The average Bonchev–Trinajstić information content (AvgIpc) is 2.73. The Bertz CT molecular complexity index is 493. The molecule has 2 rings (SSSR count). The number of aromatic nitrogens is 3. The number of nitrogens with zero attached hydrogens (tertiary/aromatic N) is 3. The summed E-state index contributed by atoms with van der Waals surface area (Å²) in [5.41, 5.74) is 1.28. The van der Waals surface area contributed by atoms with Gasteiger partial charge in [-0.25, -0.2) is 0 Å². The van der Waals surface area contributed by atoms with Crippen LogP contribution in [0.1, 0.15) is 22.7 Å². The van der Waals surface area contributed by atoms with Crippen LogP contribution in [0.25, 0.3) is 5.65 Å². The Morgan fingerprint density at radius 2 is 2.31 bits per heavy atom. The molecule has 2 aromatic rings. The Kier molecular flexibility index (Phi) is 3.26. The molecule has 2 heterocycles. The number of aldehydes is 1. The molecule has 0 radical (unpaired) electrons. The quantitative estimate of drug-likeness (QED) is 0.558. The molecule has 84 valence electrons. The number of pyridine rings is 1. The van der Waals surface area contributed by atoms with E-state index < -0.39 is 0 Å². The monoisotopic (exact) mass is 219 g/mol. The molecule has 0 aliphatic carbocycles. The van der Waals surface area contributed by atoms with Crippen molar-refractivity contribution in [3.63, 3.8) is 0 Å². The number of methoxy groups -OCH3 is 1. The van der Waals surface area contributed by atoms with E-state index in [0.717, 1.165) is 25.0 Å². The van der Waals surface area contributed by atoms with Gasteiger partial charge in [0.05, 0.1) is 5.69 Å². The summed E-state index contributed by atoms with van der Waals surface area (Å²) in [6.45, 7) is 0.679. The molecule has 0 saturated carbocycles. The number of carbonyl (C=O) groups is 1. The van der Waals surface area contributed by atoms with Gasteiger partial charge in [0.15, 0.2) is 11.9 Å². The Labute approximate surface area is 93.1 Å². The lowest BCUT2D eigenvalue weighted by atomic mass is 10.3. The van der Waals surface area contributed by atoms with Crippen LogP contribution in [0.5, 0.6) is 0 Å². The van der Waals surface area contributed by atoms with Gasteiger partial charge in [0, 0.05) is 20.1 Å². The van der Waals surface area contributed by atoms with Gasteiger partial charge in [0.2, 0.25) is 0 Å². The van der Waals surface area contributed by atoms with Crippen molar-refractivity contribution in [1.82, 2.24) is 14.6 Å². The minimum absolute atomic E-state index is 0.579. The van der Waals surface area contributed by atoms with Crippen LogP contribution in [0.15, 0.2) is 18.2 Å². The smallest absolute Gasteiger partial charge is 0.166 e. The Hall–Kier alpha value is -1.75. The number of fused-ring (bicyclic) bond motifs is 1. The number of rotatable bonds is 5. The van der Waals surface area contributed by atoms with Gasteiger partial charge < -0.3 is 4.74 Å². The second-order valence-corrected chi connectivity index (χ2v) is 3.47. The lowest BCUT2D eigenvalue weighted by Gasteiger charge is -2.02. The minimum Gasteiger partial charge on any atom is -0.385 e. The fraction of sp³-hybridized carbons (Fsp3) is 0.364. The molecule has 0 bridgehead atoms. The first kappa shape index (κ1) is 10.8. The van der Waals surface area contributed by atoms with Crippen molar-refractivity contribution >= 4 is 11.9 Å². The largest absolute Gasteiger partial charge is 0.385 e. The highest BCUT2D eigenvalue weighted by atomic mass is 16.5. The fourth-order valence-corrected chi connectivity index (χ4v) is 1.66. The molecule has 0 atom stereocenters. The van der Waals surface area contributed by atoms with Crippen molar-refractivity contribution in [3.05, 3.63) is 29.7 Å². The molecule has 16 heavy (non-hydrogen) atoms. The van der Waals surface area contributed by atoms with Crippen molar-refractivity contribution in [1.29, 1.82) is 0 Å². The van der Waals surface area contributed by atoms with Gasteiger partial charge in [0.1, 0.15) is 5.82 Å². The summed E-state index contributed by atoms with van der Waals surface area (Å²) in [7, 11) is 1.67. The van der Waals surface area contributed by atoms with Gasteiger partial charge in [-0.2, -0.15) is 0 Å². The van der Waals surface area contributed by atoms with E-state index in [4.69, 9.17) is 4.74 Å². The van der Waals surface area contributed by atoms with Crippen molar-refractivity contribution < 1.29 is 9.53 Å². The van der Waals surface area contributed by atoms with Gasteiger partial charge in [-0.1, -0.05) is 6.07 Å². The minimum atomic E-state index is 0.579. The summed E-state index contributed by atoms with van der Waals surface area (Å²) in [4.78, 5) is 10.9. The van der Waals surface area contributed by atoms with Crippen LogP contribution < -0.4 is 0 Å². The summed E-state index contributed by atoms with van der Waals surface area (Å²) < 4.78 is 6.76. The molecule has 0 saturated heterocycles. The molecule has 0 unspecified atom stereocenters. The van der Waals surface area contributed by atoms with E-state index in [2.05, 4.69) is 10.2 Å². The third kappa shape index (κ3) is 1.94. The van der Waals surface area contributed by atoms with Gasteiger partial charge >= 0.3 is 0 Å². The lowest BCUT2D eigenvalue weighted by Crippen LogP contribution is -2.02. The molecule has 0 amide bonds. The maximum absolute atomic E-state index is 10.9. The zero-order valence-corrected chi connectivity index (χ0v) is 9.09. The second kappa shape index (κ2) is 4.85. The molecule has 0 spiro atoms. The van der Waals surface area contributed by atoms with Gasteiger partial charge in [0.25, 0.3) is 0 Å². The second-order valence-electron chi connectivity index (χ2n) is 3.47. The number of aryl methyl sites for hydroxylation is 1. The van der Waals surface area contributed by atoms with Crippen LogP contribution in [0.3, 0.4) is 0 Å². The van der Waals surface area contributed by atoms with Crippen LogP contribution in [-0.4, -0.2) is 34.6 Å². The lowest BCUT2D eigenvalue weighted by molar-refractivity contribution is 0.111. The van der Waals surface area contributed by atoms with Crippen molar-refractivity contribution in [3.8, 4) is 0 Å². The average molecular weight is 219 g/mol. The first-order valence-corrected chi connectivity index (χ1v) is 5.14. The van der Waals surface area contributed by atoms with Crippen molar-refractivity contribution in [2.45, 2.75) is 12.8 Å². The zero-order valence-electron chi connectivity index (χ0n) is 9.09. The molecule has 0 aliphatic heterocycles. The highest BCUT2D eigenvalue weighted by Crippen LogP contribution is 2.08. The fourth-order valence-electron chi connectivity index (χ4n) is 1.66. The molecule has 0 aliphatic rings. The molecule has 0 N–H and O–H groups in total. The molecule has 5 heteroatoms. The highest BCUT2D eigenvalue weighted by Gasteiger charge is 2.07. The molecule has 5 nitrogen and oxygen atoms in total. The predicted molar refractivity (Wildman–Crippen MR) is 58.6 cm³/mol. The van der Waals surface area contributed by atoms with E-state index in [0.29, 0.717) is 17.9 Å². The maximum Gasteiger partial charge on any atom is 0.166 e. The highest BCUT2D eigenvalue weighted by molar-refractivity contribution is 5.73. The van der Waals surface area contributed by atoms with E-state index in [1.54, 1.807) is 23.6 Å². The standard InChI is InChI=1S/C11H13N3O2/c1-16-7-3-6-11-13-12-10-5-2-4-9(8-15)14(10)11/h2,4-5,8H,3,6-7H2,1H3. The van der Waals surface area contributed by atoms with Gasteiger partial charge in [-0.05, 0) is 18.6 Å². The van der Waals surface area contributed by atoms with E-state index in [-0.39, 0.29) is 0 Å². The van der Waals surface area contributed by atoms with E-state index >= 15 is 0 Å². The normalized spacial score (nSPS) is 10.8. The van der Waals surface area contributed by atoms with Crippen LogP contribution in [0.2, 0.25) is 0 Å². The molecular formula is C11H13N3O2. The van der Waals surface area contributed by atoms with E-state index in [9.17, 15) is 4.79 Å². The van der Waals surface area contributed by atoms with Crippen LogP contribution in [-0.2, 0) is 11.2 Å². The topological polar surface area (TPSA) is 56.5 Å². The SMILES string of the molecule is COCCCc1nnc2cccc(C=O)n12. The maximum atomic E-state index is 10.9. The Morgan fingerprint density at radius 1 is 1.44 bits per heavy atom. The summed E-state index contributed by atoms with van der Waals surface area (Å²) in [5, 5.41) is 8.09. The third-order valence-electron chi connectivity index (χ3n) is 2.40. The molecular weight excluding hydrogens is 206 g/mol. The van der Waals surface area contributed by atoms with Crippen molar-refractivity contribution in [2.24, 2.45) is 0 Å². The first-order valence-electron chi connectivity index (χ1n) is 5.14. The van der Waals surface area contributed by atoms with E-state index in [1.165, 1.54) is 0 Å². The Balaban J connectivity index is 2.34. The molecule has 0 aromatic carbocycles. The first-order chi connectivity index (χ1) is 7.86. The molecule has 0 fully saturated rings. The van der Waals surface area contributed by atoms with E-state index in [1.807, 2.05) is 6.07 Å². The zero-order chi connectivity index (χ0) is 11.4. The van der Waals surface area contributed by atoms with Gasteiger partial charge in [-0.3, -0.25) is 9.20 Å². The number of hydrogen-bond donors (Lipinski definition) is 0. The number of hydrogen-bond acceptors (Lipinski definition) is 4. The Morgan fingerprint density at radius 3 is 3.06 bits per heavy atom. The number of carbonyl (C=O) groups excluding carboxylic acids is 1. The van der Waals surface area contributed by atoms with Gasteiger partial charge in [-0.15, -0.1) is 10.2 Å². The molecule has 2 aromatic heterocycles. The summed E-state index contributed by atoms with van der Waals surface area (Å²) in [5.74, 6) is 0.801. The predicted octanol–water partition coefficient (Wildman–Crippen LogP) is 1.12. The summed E-state index contributed by atoms with van der Waals surface area (Å²) in [6.07, 6.45) is 2.43. The summed E-state index contributed by atoms with van der Waals surface area (Å²) in [6, 6.07) is 5.38. The third-order valence-corrected chi connectivity index (χ3v) is 2.40.